The topological polar surface area (TPSA) is 62.6 Å². The van der Waals surface area contributed by atoms with E-state index in [0.717, 1.165) is 22.3 Å². The van der Waals surface area contributed by atoms with Crippen LogP contribution in [0.4, 0.5) is 0 Å². The van der Waals surface area contributed by atoms with E-state index in [9.17, 15) is 9.59 Å². The summed E-state index contributed by atoms with van der Waals surface area (Å²) in [7, 11) is 0. The van der Waals surface area contributed by atoms with Gasteiger partial charge in [0, 0.05) is 10.9 Å². The van der Waals surface area contributed by atoms with Crippen LogP contribution in [0.1, 0.15) is 58.4 Å². The molecule has 0 aliphatic rings. The van der Waals surface area contributed by atoms with Crippen molar-refractivity contribution in [3.63, 3.8) is 0 Å². The van der Waals surface area contributed by atoms with Crippen molar-refractivity contribution in [3.05, 3.63) is 70.5 Å². The Balaban J connectivity index is 1.96. The third-order valence-corrected chi connectivity index (χ3v) is 4.49. The van der Waals surface area contributed by atoms with Crippen LogP contribution in [-0.4, -0.2) is 22.4 Å². The molecule has 0 radical (unpaired) electrons. The lowest BCUT2D eigenvalue weighted by Crippen LogP contribution is -2.55. The second-order valence-electron chi connectivity index (χ2n) is 8.20. The smallest absolute Gasteiger partial charge is 0.272 e. The Morgan fingerprint density at radius 2 is 1.61 bits per heavy atom. The highest BCUT2D eigenvalue weighted by Gasteiger charge is 2.30. The molecule has 1 aromatic heterocycles. The van der Waals surface area contributed by atoms with E-state index < -0.39 is 5.54 Å². The number of aryl methyl sites for hydroxylation is 3. The summed E-state index contributed by atoms with van der Waals surface area (Å²) >= 11 is 0. The number of hydrazine groups is 1. The van der Waals surface area contributed by atoms with Gasteiger partial charge in [-0.25, -0.2) is 5.01 Å². The largest absolute Gasteiger partial charge is 0.461 e. The fourth-order valence-electron chi connectivity index (χ4n) is 3.30. The van der Waals surface area contributed by atoms with Crippen LogP contribution in [0, 0.1) is 20.8 Å². The van der Waals surface area contributed by atoms with E-state index in [1.54, 1.807) is 12.1 Å². The summed E-state index contributed by atoms with van der Waals surface area (Å²) in [5, 5.41) is 2.13. The number of furan rings is 1. The first-order valence-corrected chi connectivity index (χ1v) is 9.29. The Morgan fingerprint density at radius 3 is 2.21 bits per heavy atom. The molecule has 0 saturated heterocycles. The van der Waals surface area contributed by atoms with E-state index in [4.69, 9.17) is 4.42 Å². The number of carbonyl (C=O) groups is 2. The van der Waals surface area contributed by atoms with Crippen LogP contribution in [0.2, 0.25) is 0 Å². The van der Waals surface area contributed by atoms with Crippen molar-refractivity contribution in [1.82, 2.24) is 10.4 Å². The Labute approximate surface area is 165 Å². The van der Waals surface area contributed by atoms with Crippen molar-refractivity contribution < 1.29 is 14.0 Å². The molecule has 3 aromatic rings. The maximum Gasteiger partial charge on any atom is 0.272 e. The first kappa shape index (κ1) is 19.7. The molecule has 0 aliphatic heterocycles. The number of nitrogens with one attached hydrogen (secondary N) is 1. The number of rotatable bonds is 2. The molecule has 1 heterocycles. The summed E-state index contributed by atoms with van der Waals surface area (Å²) in [6.07, 6.45) is 0. The first-order valence-electron chi connectivity index (χ1n) is 9.29. The second-order valence-corrected chi connectivity index (χ2v) is 8.20. The summed E-state index contributed by atoms with van der Waals surface area (Å²) in [4.78, 5) is 26.3. The molecule has 0 bridgehead atoms. The number of hydrogen-bond donors (Lipinski definition) is 1. The third-order valence-electron chi connectivity index (χ3n) is 4.49. The molecule has 1 N–H and O–H groups in total. The molecule has 5 nitrogen and oxygen atoms in total. The Morgan fingerprint density at radius 1 is 0.964 bits per heavy atom. The molecule has 28 heavy (non-hydrogen) atoms. The van der Waals surface area contributed by atoms with Gasteiger partial charge in [-0.15, -0.1) is 0 Å². The molecule has 5 heteroatoms. The molecule has 146 valence electrons. The molecule has 0 unspecified atom stereocenters. The van der Waals surface area contributed by atoms with Crippen LogP contribution in [0.5, 0.6) is 0 Å². The second kappa shape index (κ2) is 7.15. The molecule has 0 aliphatic carbocycles. The molecule has 3 rings (SSSR count). The summed E-state index contributed by atoms with van der Waals surface area (Å²) in [5.74, 6) is 0.136. The van der Waals surface area contributed by atoms with Crippen molar-refractivity contribution in [2.75, 3.05) is 0 Å². The van der Waals surface area contributed by atoms with Crippen LogP contribution in [0.25, 0.3) is 11.0 Å². The molecule has 0 atom stereocenters. The Kier molecular flexibility index (Phi) is 5.02. The highest BCUT2D eigenvalue weighted by Crippen LogP contribution is 2.24. The van der Waals surface area contributed by atoms with Gasteiger partial charge in [0.2, 0.25) is 0 Å². The average Bonchev–Trinajstić information content (AvgIpc) is 2.97. The number of hydrogen-bond acceptors (Lipinski definition) is 3. The quantitative estimate of drug-likeness (QED) is 0.642. The first-order chi connectivity index (χ1) is 13.1. The van der Waals surface area contributed by atoms with E-state index in [0.29, 0.717) is 16.7 Å². The predicted octanol–water partition coefficient (Wildman–Crippen LogP) is 4.94. The average molecular weight is 378 g/mol. The highest BCUT2D eigenvalue weighted by molar-refractivity contribution is 6.07. The monoisotopic (exact) mass is 378 g/mol. The fourth-order valence-corrected chi connectivity index (χ4v) is 3.30. The van der Waals surface area contributed by atoms with E-state index in [-0.39, 0.29) is 11.8 Å². The number of benzene rings is 2. The zero-order chi connectivity index (χ0) is 20.6. The number of amides is 2. The molecular formula is C23H26N2O3. The molecule has 0 fully saturated rings. The fraction of sp³-hybridized carbons (Fsp3) is 0.304. The van der Waals surface area contributed by atoms with E-state index in [2.05, 4.69) is 5.43 Å². The van der Waals surface area contributed by atoms with Crippen molar-refractivity contribution in [3.8, 4) is 0 Å². The van der Waals surface area contributed by atoms with E-state index >= 15 is 0 Å². The highest BCUT2D eigenvalue weighted by atomic mass is 16.3. The standard InChI is InChI=1S/C23H26N2O3/c1-14-10-15(2)12-17(11-14)22(27)25(23(4,5)6)24-21(26)18-8-7-9-20-19(18)13-16(3)28-20/h7-13H,1-6H3,(H,24,26). The minimum Gasteiger partial charge on any atom is -0.461 e. The zero-order valence-electron chi connectivity index (χ0n) is 17.2. The minimum atomic E-state index is -0.607. The van der Waals surface area contributed by atoms with Gasteiger partial charge < -0.3 is 4.42 Å². The predicted molar refractivity (Wildman–Crippen MR) is 110 cm³/mol. The lowest BCUT2D eigenvalue weighted by atomic mass is 10.0. The zero-order valence-corrected chi connectivity index (χ0v) is 17.2. The molecule has 2 amide bonds. The van der Waals surface area contributed by atoms with Gasteiger partial charge in [0.25, 0.3) is 11.8 Å². The molecule has 0 saturated carbocycles. The van der Waals surface area contributed by atoms with Gasteiger partial charge >= 0.3 is 0 Å². The van der Waals surface area contributed by atoms with E-state index in [1.807, 2.05) is 71.9 Å². The number of nitrogens with zero attached hydrogens (tertiary/aromatic N) is 1. The number of fused-ring (bicyclic) bond motifs is 1. The van der Waals surface area contributed by atoms with E-state index in [1.165, 1.54) is 5.01 Å². The maximum atomic E-state index is 13.2. The number of carbonyl (C=O) groups excluding carboxylic acids is 2. The molecule has 0 spiro atoms. The Hall–Kier alpha value is -3.08. The van der Waals surface area contributed by atoms with Crippen LogP contribution in [-0.2, 0) is 0 Å². The molecular weight excluding hydrogens is 352 g/mol. The van der Waals surface area contributed by atoms with Crippen molar-refractivity contribution in [1.29, 1.82) is 0 Å². The van der Waals surface area contributed by atoms with Crippen LogP contribution >= 0.6 is 0 Å². The van der Waals surface area contributed by atoms with Crippen molar-refractivity contribution in [2.24, 2.45) is 0 Å². The SMILES string of the molecule is Cc1cc(C)cc(C(=O)N(NC(=O)c2cccc3oc(C)cc23)C(C)(C)C)c1. The van der Waals surface area contributed by atoms with Gasteiger partial charge in [0.15, 0.2) is 0 Å². The van der Waals surface area contributed by atoms with Gasteiger partial charge in [0.1, 0.15) is 11.3 Å². The third kappa shape index (κ3) is 3.93. The van der Waals surface area contributed by atoms with Crippen LogP contribution in [0.3, 0.4) is 0 Å². The summed E-state index contributed by atoms with van der Waals surface area (Å²) in [5.41, 5.74) is 5.87. The van der Waals surface area contributed by atoms with Crippen LogP contribution in [0.15, 0.2) is 46.9 Å². The summed E-state index contributed by atoms with van der Waals surface area (Å²) in [6, 6.07) is 12.8. The summed E-state index contributed by atoms with van der Waals surface area (Å²) in [6.45, 7) is 11.4. The van der Waals surface area contributed by atoms with Gasteiger partial charge in [-0.1, -0.05) is 23.3 Å². The van der Waals surface area contributed by atoms with Crippen molar-refractivity contribution >= 4 is 22.8 Å². The minimum absolute atomic E-state index is 0.247. The van der Waals surface area contributed by atoms with Crippen molar-refractivity contribution in [2.45, 2.75) is 47.1 Å². The summed E-state index contributed by atoms with van der Waals surface area (Å²) < 4.78 is 5.61. The van der Waals surface area contributed by atoms with Gasteiger partial charge in [-0.05, 0) is 71.9 Å². The van der Waals surface area contributed by atoms with Crippen LogP contribution < -0.4 is 5.43 Å². The van der Waals surface area contributed by atoms with Gasteiger partial charge in [-0.3, -0.25) is 15.0 Å². The Bertz CT molecular complexity index is 1040. The normalized spacial score (nSPS) is 11.5. The molecule has 2 aromatic carbocycles. The lowest BCUT2D eigenvalue weighted by Gasteiger charge is -2.35. The maximum absolute atomic E-state index is 13.2. The van der Waals surface area contributed by atoms with Gasteiger partial charge in [-0.2, -0.15) is 0 Å². The van der Waals surface area contributed by atoms with Gasteiger partial charge in [0.05, 0.1) is 11.1 Å². The lowest BCUT2D eigenvalue weighted by molar-refractivity contribution is 0.0359.